The number of fused-ring (bicyclic) bond motifs is 1. The van der Waals surface area contributed by atoms with Crippen molar-refractivity contribution in [2.45, 2.75) is 12.8 Å². The molecule has 26 heavy (non-hydrogen) atoms. The maximum absolute atomic E-state index is 12.9. The predicted octanol–water partition coefficient (Wildman–Crippen LogP) is 2.10. The minimum atomic E-state index is -0.302. The lowest BCUT2D eigenvalue weighted by Gasteiger charge is -2.29. The molecule has 9 heteroatoms. The van der Waals surface area contributed by atoms with Gasteiger partial charge in [-0.3, -0.25) is 14.5 Å². The number of nitrogens with zero attached hydrogens (tertiary/aromatic N) is 6. The molecule has 3 aromatic heterocycles. The summed E-state index contributed by atoms with van der Waals surface area (Å²) in [6, 6.07) is 3.79. The van der Waals surface area contributed by atoms with Gasteiger partial charge < -0.3 is 10.6 Å². The van der Waals surface area contributed by atoms with Crippen LogP contribution in [-0.2, 0) is 13.5 Å². The first-order valence-corrected chi connectivity index (χ1v) is 8.49. The molecule has 3 aromatic rings. The van der Waals surface area contributed by atoms with Crippen LogP contribution in [0.25, 0.3) is 11.3 Å². The van der Waals surface area contributed by atoms with Crippen molar-refractivity contribution >= 4 is 29.0 Å². The molecule has 132 valence electrons. The SMILES string of the molecule is Cn1cc(-c2ccc3c(n2)CCCN3C(=O)c2ncc(Cl)nc2N)cn1. The molecular formula is C17H16ClN7O. The topological polar surface area (TPSA) is 103 Å². The van der Waals surface area contributed by atoms with Crippen molar-refractivity contribution in [2.24, 2.45) is 7.05 Å². The molecule has 0 aliphatic carbocycles. The lowest BCUT2D eigenvalue weighted by molar-refractivity contribution is 0.0981. The van der Waals surface area contributed by atoms with Crippen LogP contribution < -0.4 is 10.6 Å². The number of carbonyl (C=O) groups excluding carboxylic acids is 1. The zero-order valence-electron chi connectivity index (χ0n) is 14.1. The third kappa shape index (κ3) is 2.88. The van der Waals surface area contributed by atoms with E-state index in [1.807, 2.05) is 25.4 Å². The van der Waals surface area contributed by atoms with Gasteiger partial charge in [-0.1, -0.05) is 11.6 Å². The number of nitrogens with two attached hydrogens (primary N) is 1. The molecule has 0 fully saturated rings. The van der Waals surface area contributed by atoms with Crippen LogP contribution in [0.1, 0.15) is 22.6 Å². The Labute approximate surface area is 154 Å². The van der Waals surface area contributed by atoms with Gasteiger partial charge in [0.2, 0.25) is 0 Å². The molecule has 0 saturated carbocycles. The van der Waals surface area contributed by atoms with Gasteiger partial charge in [-0.25, -0.2) is 9.97 Å². The number of anilines is 2. The second kappa shape index (κ2) is 6.38. The van der Waals surface area contributed by atoms with Crippen LogP contribution in [0.2, 0.25) is 5.15 Å². The number of aromatic nitrogens is 5. The highest BCUT2D eigenvalue weighted by Gasteiger charge is 2.27. The molecule has 0 radical (unpaired) electrons. The summed E-state index contributed by atoms with van der Waals surface area (Å²) in [4.78, 5) is 27.2. The number of rotatable bonds is 2. The van der Waals surface area contributed by atoms with E-state index in [0.717, 1.165) is 35.5 Å². The molecule has 0 spiro atoms. The van der Waals surface area contributed by atoms with Gasteiger partial charge in [0.25, 0.3) is 5.91 Å². The normalized spacial score (nSPS) is 13.5. The van der Waals surface area contributed by atoms with Crippen LogP contribution in [0, 0.1) is 0 Å². The number of halogens is 1. The van der Waals surface area contributed by atoms with Gasteiger partial charge in [0, 0.05) is 25.4 Å². The van der Waals surface area contributed by atoms with Crippen LogP contribution in [0.5, 0.6) is 0 Å². The van der Waals surface area contributed by atoms with Crippen molar-refractivity contribution in [3.05, 3.63) is 47.3 Å². The summed E-state index contributed by atoms with van der Waals surface area (Å²) >= 11 is 5.77. The van der Waals surface area contributed by atoms with Gasteiger partial charge in [0.05, 0.1) is 29.5 Å². The fraction of sp³-hybridized carbons (Fsp3) is 0.235. The molecule has 1 amide bonds. The first kappa shape index (κ1) is 16.5. The summed E-state index contributed by atoms with van der Waals surface area (Å²) in [6.45, 7) is 0.573. The second-order valence-electron chi connectivity index (χ2n) is 6.05. The van der Waals surface area contributed by atoms with Crippen molar-refractivity contribution < 1.29 is 4.79 Å². The molecule has 0 unspecified atom stereocenters. The Morgan fingerprint density at radius 3 is 2.85 bits per heavy atom. The highest BCUT2D eigenvalue weighted by atomic mass is 35.5. The van der Waals surface area contributed by atoms with Crippen LogP contribution in [-0.4, -0.2) is 37.2 Å². The maximum atomic E-state index is 12.9. The Morgan fingerprint density at radius 2 is 2.12 bits per heavy atom. The average molecular weight is 370 g/mol. The Hall–Kier alpha value is -3.00. The monoisotopic (exact) mass is 369 g/mol. The molecule has 4 heterocycles. The highest BCUT2D eigenvalue weighted by Crippen LogP contribution is 2.30. The third-order valence-corrected chi connectivity index (χ3v) is 4.44. The fourth-order valence-electron chi connectivity index (χ4n) is 3.05. The molecule has 0 atom stereocenters. The summed E-state index contributed by atoms with van der Waals surface area (Å²) in [5, 5.41) is 4.33. The zero-order valence-corrected chi connectivity index (χ0v) is 14.8. The zero-order chi connectivity index (χ0) is 18.3. The van der Waals surface area contributed by atoms with E-state index in [-0.39, 0.29) is 22.6 Å². The molecule has 0 aromatic carbocycles. The van der Waals surface area contributed by atoms with Gasteiger partial charge in [-0.05, 0) is 25.0 Å². The van der Waals surface area contributed by atoms with Crippen LogP contribution in [0.4, 0.5) is 11.5 Å². The summed E-state index contributed by atoms with van der Waals surface area (Å²) in [7, 11) is 1.86. The Kier molecular flexibility index (Phi) is 4.04. The second-order valence-corrected chi connectivity index (χ2v) is 6.44. The Balaban J connectivity index is 1.70. The van der Waals surface area contributed by atoms with Crippen LogP contribution in [0.15, 0.2) is 30.7 Å². The Morgan fingerprint density at radius 1 is 1.27 bits per heavy atom. The van der Waals surface area contributed by atoms with Gasteiger partial charge in [0.1, 0.15) is 5.15 Å². The van der Waals surface area contributed by atoms with E-state index in [9.17, 15) is 4.79 Å². The van der Waals surface area contributed by atoms with E-state index >= 15 is 0 Å². The van der Waals surface area contributed by atoms with E-state index in [1.165, 1.54) is 6.20 Å². The average Bonchev–Trinajstić information content (AvgIpc) is 3.06. The number of amides is 1. The van der Waals surface area contributed by atoms with Gasteiger partial charge in [-0.2, -0.15) is 5.10 Å². The molecule has 4 rings (SSSR count). The Bertz CT molecular complexity index is 1000. The van der Waals surface area contributed by atoms with E-state index in [4.69, 9.17) is 22.3 Å². The maximum Gasteiger partial charge on any atom is 0.280 e. The van der Waals surface area contributed by atoms with Gasteiger partial charge in [0.15, 0.2) is 11.5 Å². The van der Waals surface area contributed by atoms with Crippen molar-refractivity contribution in [1.82, 2.24) is 24.7 Å². The number of nitrogen functional groups attached to an aromatic ring is 1. The number of carbonyl (C=O) groups is 1. The van der Waals surface area contributed by atoms with Gasteiger partial charge in [-0.15, -0.1) is 0 Å². The molecule has 8 nitrogen and oxygen atoms in total. The molecule has 1 aliphatic heterocycles. The standard InChI is InChI=1S/C17H16ClN7O/c1-24-9-10(7-21-24)11-4-5-13-12(22-11)3-2-6-25(13)17(26)15-16(19)23-14(18)8-20-15/h4-5,7-9H,2-3,6H2,1H3,(H2,19,23). The predicted molar refractivity (Wildman–Crippen MR) is 97.9 cm³/mol. The lowest BCUT2D eigenvalue weighted by Crippen LogP contribution is -2.37. The smallest absolute Gasteiger partial charge is 0.280 e. The molecule has 0 bridgehead atoms. The first-order valence-electron chi connectivity index (χ1n) is 8.12. The largest absolute Gasteiger partial charge is 0.382 e. The van der Waals surface area contributed by atoms with Crippen LogP contribution >= 0.6 is 11.6 Å². The molecular weight excluding hydrogens is 354 g/mol. The van der Waals surface area contributed by atoms with Crippen molar-refractivity contribution in [3.8, 4) is 11.3 Å². The van der Waals surface area contributed by atoms with Crippen LogP contribution in [0.3, 0.4) is 0 Å². The molecule has 1 aliphatic rings. The molecule has 0 saturated heterocycles. The summed E-state index contributed by atoms with van der Waals surface area (Å²) < 4.78 is 1.73. The number of aryl methyl sites for hydroxylation is 2. The number of pyridine rings is 1. The van der Waals surface area contributed by atoms with E-state index in [0.29, 0.717) is 6.54 Å². The van der Waals surface area contributed by atoms with E-state index < -0.39 is 0 Å². The lowest BCUT2D eigenvalue weighted by atomic mass is 10.1. The molecule has 2 N–H and O–H groups in total. The summed E-state index contributed by atoms with van der Waals surface area (Å²) in [5.41, 5.74) is 9.32. The quantitative estimate of drug-likeness (QED) is 0.742. The minimum Gasteiger partial charge on any atom is -0.382 e. The first-order chi connectivity index (χ1) is 12.5. The third-order valence-electron chi connectivity index (χ3n) is 4.25. The van der Waals surface area contributed by atoms with Crippen molar-refractivity contribution in [1.29, 1.82) is 0 Å². The van der Waals surface area contributed by atoms with Crippen molar-refractivity contribution in [3.63, 3.8) is 0 Å². The van der Waals surface area contributed by atoms with E-state index in [2.05, 4.69) is 15.1 Å². The summed E-state index contributed by atoms with van der Waals surface area (Å²) in [5.74, 6) is -0.280. The van der Waals surface area contributed by atoms with E-state index in [1.54, 1.807) is 15.8 Å². The summed E-state index contributed by atoms with van der Waals surface area (Å²) in [6.07, 6.45) is 6.60. The number of hydrogen-bond donors (Lipinski definition) is 1. The minimum absolute atomic E-state index is 0.0227. The van der Waals surface area contributed by atoms with Crippen molar-refractivity contribution in [2.75, 3.05) is 17.2 Å². The van der Waals surface area contributed by atoms with Gasteiger partial charge >= 0.3 is 0 Å². The number of hydrogen-bond acceptors (Lipinski definition) is 6. The fourth-order valence-corrected chi connectivity index (χ4v) is 3.19. The highest BCUT2D eigenvalue weighted by molar-refractivity contribution is 6.29.